The second-order valence-corrected chi connectivity index (χ2v) is 7.59. The van der Waals surface area contributed by atoms with Gasteiger partial charge in [-0.25, -0.2) is 18.4 Å². The lowest BCUT2D eigenvalue weighted by molar-refractivity contribution is 0.119. The van der Waals surface area contributed by atoms with E-state index in [1.165, 1.54) is 0 Å². The van der Waals surface area contributed by atoms with E-state index >= 15 is 0 Å². The number of benzene rings is 1. The molecule has 1 aromatic rings. The topological polar surface area (TPSA) is 78.7 Å². The molecule has 1 aliphatic heterocycles. The Morgan fingerprint density at radius 1 is 1.23 bits per heavy atom. The number of piperidine rings is 1. The Kier molecular flexibility index (Phi) is 5.64. The van der Waals surface area contributed by atoms with E-state index in [4.69, 9.17) is 5.73 Å². The predicted molar refractivity (Wildman–Crippen MR) is 95.3 cm³/mol. The summed E-state index contributed by atoms with van der Waals surface area (Å²) in [6, 6.07) is 1.36. The molecule has 0 aromatic heterocycles. The normalized spacial score (nSPS) is 20.0. The second-order valence-electron chi connectivity index (χ2n) is 6.74. The molecule has 0 radical (unpaired) electrons. The molecule has 0 unspecified atom stereocenters. The molecule has 4 amide bonds. The van der Waals surface area contributed by atoms with Gasteiger partial charge in [-0.05, 0) is 53.7 Å². The average molecular weight is 431 g/mol. The Bertz CT molecular complexity index is 714. The summed E-state index contributed by atoms with van der Waals surface area (Å²) in [7, 11) is 0. The lowest BCUT2D eigenvalue weighted by atomic mass is 10.0. The standard InChI is InChI=1S/C17H21BrF2N4O2/c18-13-7-14(19)10(6-15(13)20)8-22-17(26)23-5-1-2-12(9-23)24(16(21)25)11-3-4-11/h6-7,11-12H,1-5,8-9H2,(H2,21,25)(H,22,26)/t12-/m1/s1. The number of hydrogen-bond acceptors (Lipinski definition) is 2. The summed E-state index contributed by atoms with van der Waals surface area (Å²) in [6.45, 7) is 0.831. The van der Waals surface area contributed by atoms with Gasteiger partial charge in [0, 0.05) is 31.2 Å². The highest BCUT2D eigenvalue weighted by Crippen LogP contribution is 2.31. The molecule has 9 heteroatoms. The molecular formula is C17H21BrF2N4O2. The molecule has 26 heavy (non-hydrogen) atoms. The number of nitrogens with one attached hydrogen (secondary N) is 1. The highest BCUT2D eigenvalue weighted by atomic mass is 79.9. The zero-order valence-electron chi connectivity index (χ0n) is 14.2. The molecule has 3 rings (SSSR count). The first-order valence-electron chi connectivity index (χ1n) is 8.60. The highest BCUT2D eigenvalue weighted by molar-refractivity contribution is 9.10. The van der Waals surface area contributed by atoms with Gasteiger partial charge in [-0.15, -0.1) is 0 Å². The third kappa shape index (κ3) is 4.25. The largest absolute Gasteiger partial charge is 0.351 e. The van der Waals surface area contributed by atoms with Gasteiger partial charge in [-0.1, -0.05) is 0 Å². The van der Waals surface area contributed by atoms with E-state index in [0.29, 0.717) is 13.1 Å². The van der Waals surface area contributed by atoms with E-state index in [0.717, 1.165) is 37.8 Å². The van der Waals surface area contributed by atoms with Crippen molar-refractivity contribution in [2.45, 2.75) is 44.3 Å². The molecule has 1 saturated carbocycles. The van der Waals surface area contributed by atoms with Crippen LogP contribution in [-0.4, -0.2) is 47.0 Å². The van der Waals surface area contributed by atoms with Crippen molar-refractivity contribution < 1.29 is 18.4 Å². The summed E-state index contributed by atoms with van der Waals surface area (Å²) in [5.41, 5.74) is 5.57. The van der Waals surface area contributed by atoms with Gasteiger partial charge < -0.3 is 20.9 Å². The van der Waals surface area contributed by atoms with Gasteiger partial charge in [-0.3, -0.25) is 0 Å². The van der Waals surface area contributed by atoms with E-state index in [-0.39, 0.29) is 34.7 Å². The summed E-state index contributed by atoms with van der Waals surface area (Å²) in [5, 5.41) is 2.62. The van der Waals surface area contributed by atoms with Crippen molar-refractivity contribution in [3.63, 3.8) is 0 Å². The van der Waals surface area contributed by atoms with Crippen LogP contribution in [0.3, 0.4) is 0 Å². The molecular weight excluding hydrogens is 410 g/mol. The fourth-order valence-corrected chi connectivity index (χ4v) is 3.67. The maximum atomic E-state index is 13.9. The second kappa shape index (κ2) is 7.77. The Hall–Kier alpha value is -1.90. The van der Waals surface area contributed by atoms with Crippen molar-refractivity contribution in [2.24, 2.45) is 5.73 Å². The molecule has 1 aromatic carbocycles. The lowest BCUT2D eigenvalue weighted by Crippen LogP contribution is -2.55. The molecule has 1 aliphatic carbocycles. The number of likely N-dealkylation sites (tertiary alicyclic amines) is 1. The maximum absolute atomic E-state index is 13.9. The molecule has 142 valence electrons. The van der Waals surface area contributed by atoms with Gasteiger partial charge in [0.2, 0.25) is 0 Å². The molecule has 0 bridgehead atoms. The summed E-state index contributed by atoms with van der Waals surface area (Å²) in [6.07, 6.45) is 3.45. The third-order valence-corrected chi connectivity index (χ3v) is 5.40. The molecule has 1 saturated heterocycles. The van der Waals surface area contributed by atoms with Crippen LogP contribution < -0.4 is 11.1 Å². The van der Waals surface area contributed by atoms with Crippen LogP contribution in [0.5, 0.6) is 0 Å². The molecule has 0 spiro atoms. The maximum Gasteiger partial charge on any atom is 0.317 e. The number of rotatable bonds is 4. The smallest absolute Gasteiger partial charge is 0.317 e. The number of nitrogens with zero attached hydrogens (tertiary/aromatic N) is 2. The number of primary amides is 1. The van der Waals surface area contributed by atoms with Crippen LogP contribution in [0.1, 0.15) is 31.2 Å². The van der Waals surface area contributed by atoms with Crippen LogP contribution in [0.4, 0.5) is 18.4 Å². The molecule has 1 atom stereocenters. The fraction of sp³-hybridized carbons (Fsp3) is 0.529. The third-order valence-electron chi connectivity index (χ3n) is 4.79. The number of halogens is 3. The molecule has 2 fully saturated rings. The quantitative estimate of drug-likeness (QED) is 0.720. The SMILES string of the molecule is NC(=O)N(C1CC1)[C@@H]1CCCN(C(=O)NCc2cc(F)c(Br)cc2F)C1. The Labute approximate surface area is 158 Å². The number of amides is 4. The Balaban J connectivity index is 1.59. The summed E-state index contributed by atoms with van der Waals surface area (Å²) in [4.78, 5) is 27.4. The van der Waals surface area contributed by atoms with Crippen LogP contribution >= 0.6 is 15.9 Å². The van der Waals surface area contributed by atoms with E-state index < -0.39 is 17.7 Å². The Morgan fingerprint density at radius 3 is 2.62 bits per heavy atom. The first-order chi connectivity index (χ1) is 12.4. The van der Waals surface area contributed by atoms with Crippen LogP contribution in [0.25, 0.3) is 0 Å². The minimum Gasteiger partial charge on any atom is -0.351 e. The monoisotopic (exact) mass is 430 g/mol. The van der Waals surface area contributed by atoms with E-state index in [1.54, 1.807) is 9.80 Å². The van der Waals surface area contributed by atoms with Crippen molar-refractivity contribution in [3.05, 3.63) is 33.8 Å². The lowest BCUT2D eigenvalue weighted by Gasteiger charge is -2.38. The average Bonchev–Trinajstić information content (AvgIpc) is 3.41. The van der Waals surface area contributed by atoms with Gasteiger partial charge in [-0.2, -0.15) is 0 Å². The summed E-state index contributed by atoms with van der Waals surface area (Å²) in [5.74, 6) is -1.18. The number of nitrogens with two attached hydrogens (primary N) is 1. The molecule has 3 N–H and O–H groups in total. The number of urea groups is 2. The minimum atomic E-state index is -0.594. The molecule has 2 aliphatic rings. The van der Waals surface area contributed by atoms with Crippen molar-refractivity contribution in [1.82, 2.24) is 15.1 Å². The zero-order chi connectivity index (χ0) is 18.8. The first-order valence-corrected chi connectivity index (χ1v) is 9.40. The minimum absolute atomic E-state index is 0.0376. The van der Waals surface area contributed by atoms with Crippen LogP contribution in [0.15, 0.2) is 16.6 Å². The van der Waals surface area contributed by atoms with Crippen LogP contribution in [0.2, 0.25) is 0 Å². The number of carbonyl (C=O) groups excluding carboxylic acids is 2. The highest BCUT2D eigenvalue weighted by Gasteiger charge is 2.38. The van der Waals surface area contributed by atoms with Gasteiger partial charge in [0.1, 0.15) is 11.6 Å². The van der Waals surface area contributed by atoms with Crippen molar-refractivity contribution in [3.8, 4) is 0 Å². The van der Waals surface area contributed by atoms with E-state index in [1.807, 2.05) is 0 Å². The van der Waals surface area contributed by atoms with Gasteiger partial charge >= 0.3 is 12.1 Å². The van der Waals surface area contributed by atoms with Crippen LogP contribution in [0, 0.1) is 11.6 Å². The van der Waals surface area contributed by atoms with E-state index in [2.05, 4.69) is 21.2 Å². The van der Waals surface area contributed by atoms with Gasteiger partial charge in [0.15, 0.2) is 0 Å². The number of carbonyl (C=O) groups is 2. The van der Waals surface area contributed by atoms with Crippen molar-refractivity contribution in [1.29, 1.82) is 0 Å². The summed E-state index contributed by atoms with van der Waals surface area (Å²) < 4.78 is 27.4. The molecule has 6 nitrogen and oxygen atoms in total. The fourth-order valence-electron chi connectivity index (χ4n) is 3.36. The molecule has 1 heterocycles. The van der Waals surface area contributed by atoms with Gasteiger partial charge in [0.05, 0.1) is 10.5 Å². The van der Waals surface area contributed by atoms with Gasteiger partial charge in [0.25, 0.3) is 0 Å². The van der Waals surface area contributed by atoms with E-state index in [9.17, 15) is 18.4 Å². The number of hydrogen-bond donors (Lipinski definition) is 2. The Morgan fingerprint density at radius 2 is 1.96 bits per heavy atom. The summed E-state index contributed by atoms with van der Waals surface area (Å²) >= 11 is 2.92. The zero-order valence-corrected chi connectivity index (χ0v) is 15.8. The van der Waals surface area contributed by atoms with Crippen molar-refractivity contribution in [2.75, 3.05) is 13.1 Å². The van der Waals surface area contributed by atoms with Crippen LogP contribution in [-0.2, 0) is 6.54 Å². The van der Waals surface area contributed by atoms with Crippen molar-refractivity contribution >= 4 is 28.0 Å². The first kappa shape index (κ1) is 18.9. The predicted octanol–water partition coefficient (Wildman–Crippen LogP) is 2.94.